The van der Waals surface area contributed by atoms with E-state index in [0.29, 0.717) is 30.1 Å². The summed E-state index contributed by atoms with van der Waals surface area (Å²) in [5.41, 5.74) is 1.10. The lowest BCUT2D eigenvalue weighted by molar-refractivity contribution is 0.237. The van der Waals surface area contributed by atoms with E-state index >= 15 is 0 Å². The van der Waals surface area contributed by atoms with Crippen LogP contribution in [0.4, 0.5) is 10.5 Å². The normalized spacial score (nSPS) is 11.4. The molecule has 0 aliphatic carbocycles. The van der Waals surface area contributed by atoms with Crippen molar-refractivity contribution in [2.75, 3.05) is 18.5 Å². The molecular formula is C15H21N3O2. The zero-order valence-corrected chi connectivity index (χ0v) is 11.7. The molecule has 0 saturated heterocycles. The van der Waals surface area contributed by atoms with E-state index < -0.39 is 0 Å². The minimum absolute atomic E-state index is 0.137. The van der Waals surface area contributed by atoms with Crippen LogP contribution in [0.2, 0.25) is 0 Å². The van der Waals surface area contributed by atoms with Crippen LogP contribution in [0, 0.1) is 17.2 Å². The summed E-state index contributed by atoms with van der Waals surface area (Å²) in [4.78, 5) is 11.8. The molecular weight excluding hydrogens is 254 g/mol. The molecule has 2 amide bonds. The van der Waals surface area contributed by atoms with Gasteiger partial charge < -0.3 is 15.7 Å². The van der Waals surface area contributed by atoms with Gasteiger partial charge in [-0.15, -0.1) is 0 Å². The number of amides is 2. The Bertz CT molecular complexity index is 462. The van der Waals surface area contributed by atoms with Crippen LogP contribution < -0.4 is 10.6 Å². The number of carbonyl (C=O) groups is 1. The average molecular weight is 275 g/mol. The number of nitrogens with zero attached hydrogens (tertiary/aromatic N) is 1. The van der Waals surface area contributed by atoms with Crippen LogP contribution in [0.1, 0.15) is 31.7 Å². The molecule has 0 spiro atoms. The number of anilines is 1. The van der Waals surface area contributed by atoms with Gasteiger partial charge in [0.05, 0.1) is 11.6 Å². The van der Waals surface area contributed by atoms with Crippen LogP contribution in [-0.2, 0) is 0 Å². The van der Waals surface area contributed by atoms with E-state index in [1.807, 2.05) is 6.07 Å². The summed E-state index contributed by atoms with van der Waals surface area (Å²) < 4.78 is 0. The number of hydrogen-bond donors (Lipinski definition) is 3. The third-order valence-electron chi connectivity index (χ3n) is 3.04. The van der Waals surface area contributed by atoms with Crippen molar-refractivity contribution in [2.24, 2.45) is 5.92 Å². The number of hydrogen-bond acceptors (Lipinski definition) is 3. The average Bonchev–Trinajstić information content (AvgIpc) is 2.45. The third-order valence-corrected chi connectivity index (χ3v) is 3.04. The predicted octanol–water partition coefficient (Wildman–Crippen LogP) is 2.48. The number of urea groups is 1. The van der Waals surface area contributed by atoms with E-state index in [9.17, 15) is 4.79 Å². The van der Waals surface area contributed by atoms with Gasteiger partial charge in [0.1, 0.15) is 0 Å². The molecule has 0 heterocycles. The van der Waals surface area contributed by atoms with Crippen molar-refractivity contribution in [3.63, 3.8) is 0 Å². The van der Waals surface area contributed by atoms with E-state index in [1.54, 1.807) is 24.3 Å². The van der Waals surface area contributed by atoms with Crippen molar-refractivity contribution >= 4 is 11.7 Å². The Morgan fingerprint density at radius 1 is 1.45 bits per heavy atom. The highest BCUT2D eigenvalue weighted by Gasteiger charge is 2.09. The number of benzene rings is 1. The van der Waals surface area contributed by atoms with Gasteiger partial charge in [-0.25, -0.2) is 4.79 Å². The Balaban J connectivity index is 2.44. The maximum absolute atomic E-state index is 11.8. The monoisotopic (exact) mass is 275 g/mol. The van der Waals surface area contributed by atoms with Crippen LogP contribution >= 0.6 is 0 Å². The number of aliphatic hydroxyl groups excluding tert-OH is 1. The summed E-state index contributed by atoms with van der Waals surface area (Å²) in [6.45, 7) is 2.76. The quantitative estimate of drug-likeness (QED) is 0.714. The minimum atomic E-state index is -0.292. The van der Waals surface area contributed by atoms with Crippen LogP contribution in [0.15, 0.2) is 24.3 Å². The van der Waals surface area contributed by atoms with Gasteiger partial charge in [0.25, 0.3) is 0 Å². The fourth-order valence-corrected chi connectivity index (χ4v) is 2.02. The number of rotatable bonds is 7. The highest BCUT2D eigenvalue weighted by Crippen LogP contribution is 2.11. The van der Waals surface area contributed by atoms with E-state index in [-0.39, 0.29) is 12.6 Å². The standard InChI is InChI=1S/C15H21N3O2/c1-2-4-12(7-8-19)11-17-15(20)18-14-6-3-5-13(9-14)10-16/h3,5-6,9,12,19H,2,4,7-8,11H2,1H3,(H2,17,18,20). The van der Waals surface area contributed by atoms with E-state index in [4.69, 9.17) is 10.4 Å². The van der Waals surface area contributed by atoms with Crippen molar-refractivity contribution in [3.8, 4) is 6.07 Å². The van der Waals surface area contributed by atoms with E-state index in [1.165, 1.54) is 0 Å². The maximum Gasteiger partial charge on any atom is 0.319 e. The van der Waals surface area contributed by atoms with Gasteiger partial charge in [-0.05, 0) is 37.0 Å². The largest absolute Gasteiger partial charge is 0.396 e. The first kappa shape index (κ1) is 16.0. The smallest absolute Gasteiger partial charge is 0.319 e. The lowest BCUT2D eigenvalue weighted by Crippen LogP contribution is -2.33. The molecule has 3 N–H and O–H groups in total. The summed E-state index contributed by atoms with van der Waals surface area (Å²) in [6.07, 6.45) is 2.70. The Labute approximate surface area is 119 Å². The number of carbonyl (C=O) groups excluding carboxylic acids is 1. The first-order chi connectivity index (χ1) is 9.69. The Morgan fingerprint density at radius 3 is 2.90 bits per heavy atom. The maximum atomic E-state index is 11.8. The second-order valence-corrected chi connectivity index (χ2v) is 4.69. The fraction of sp³-hybridized carbons (Fsp3) is 0.467. The van der Waals surface area contributed by atoms with Crippen LogP contribution in [0.3, 0.4) is 0 Å². The molecule has 1 atom stereocenters. The fourth-order valence-electron chi connectivity index (χ4n) is 2.02. The number of nitrogens with one attached hydrogen (secondary N) is 2. The van der Waals surface area contributed by atoms with Gasteiger partial charge in [0.15, 0.2) is 0 Å². The number of nitriles is 1. The molecule has 1 aromatic rings. The Morgan fingerprint density at radius 2 is 2.25 bits per heavy atom. The van der Waals surface area contributed by atoms with Crippen molar-refractivity contribution in [1.29, 1.82) is 5.26 Å². The summed E-state index contributed by atoms with van der Waals surface area (Å²) in [5.74, 6) is 0.293. The molecule has 0 aromatic heterocycles. The first-order valence-electron chi connectivity index (χ1n) is 6.85. The third kappa shape index (κ3) is 5.72. The first-order valence-corrected chi connectivity index (χ1v) is 6.85. The summed E-state index contributed by atoms with van der Waals surface area (Å²) in [7, 11) is 0. The molecule has 1 unspecified atom stereocenters. The van der Waals surface area contributed by atoms with E-state index in [0.717, 1.165) is 12.8 Å². The van der Waals surface area contributed by atoms with Gasteiger partial charge in [0.2, 0.25) is 0 Å². The Hall–Kier alpha value is -2.06. The zero-order chi connectivity index (χ0) is 14.8. The zero-order valence-electron chi connectivity index (χ0n) is 11.7. The van der Waals surface area contributed by atoms with Gasteiger partial charge in [-0.3, -0.25) is 0 Å². The van der Waals surface area contributed by atoms with Crippen LogP contribution in [0.25, 0.3) is 0 Å². The highest BCUT2D eigenvalue weighted by molar-refractivity contribution is 5.89. The molecule has 5 nitrogen and oxygen atoms in total. The van der Waals surface area contributed by atoms with Gasteiger partial charge >= 0.3 is 6.03 Å². The molecule has 1 aromatic carbocycles. The summed E-state index contributed by atoms with van der Waals surface area (Å²) >= 11 is 0. The topological polar surface area (TPSA) is 85.2 Å². The van der Waals surface area contributed by atoms with Gasteiger partial charge in [-0.1, -0.05) is 19.4 Å². The van der Waals surface area contributed by atoms with Crippen molar-refractivity contribution < 1.29 is 9.90 Å². The Kier molecular flexibility index (Phi) is 7.15. The lowest BCUT2D eigenvalue weighted by atomic mass is 10.0. The minimum Gasteiger partial charge on any atom is -0.396 e. The molecule has 0 bridgehead atoms. The summed E-state index contributed by atoms with van der Waals surface area (Å²) in [6, 6.07) is 8.49. The number of aliphatic hydroxyl groups is 1. The molecule has 0 aliphatic rings. The molecule has 0 saturated carbocycles. The molecule has 0 fully saturated rings. The van der Waals surface area contributed by atoms with Crippen molar-refractivity contribution in [1.82, 2.24) is 5.32 Å². The van der Waals surface area contributed by atoms with Crippen LogP contribution in [-0.4, -0.2) is 24.3 Å². The van der Waals surface area contributed by atoms with Gasteiger partial charge in [0, 0.05) is 18.8 Å². The molecule has 0 aliphatic heterocycles. The molecule has 20 heavy (non-hydrogen) atoms. The van der Waals surface area contributed by atoms with Crippen molar-refractivity contribution in [2.45, 2.75) is 26.2 Å². The molecule has 5 heteroatoms. The van der Waals surface area contributed by atoms with Crippen LogP contribution in [0.5, 0.6) is 0 Å². The lowest BCUT2D eigenvalue weighted by Gasteiger charge is -2.16. The second-order valence-electron chi connectivity index (χ2n) is 4.69. The van der Waals surface area contributed by atoms with E-state index in [2.05, 4.69) is 17.6 Å². The second kappa shape index (κ2) is 8.94. The molecule has 108 valence electrons. The highest BCUT2D eigenvalue weighted by atomic mass is 16.3. The summed E-state index contributed by atoms with van der Waals surface area (Å²) in [5, 5.41) is 23.2. The predicted molar refractivity (Wildman–Crippen MR) is 78.3 cm³/mol. The SMILES string of the molecule is CCCC(CCO)CNC(=O)Nc1cccc(C#N)c1. The molecule has 1 rings (SSSR count). The van der Waals surface area contributed by atoms with Gasteiger partial charge in [-0.2, -0.15) is 5.26 Å². The molecule has 0 radical (unpaired) electrons. The van der Waals surface area contributed by atoms with Crippen molar-refractivity contribution in [3.05, 3.63) is 29.8 Å².